The van der Waals surface area contributed by atoms with E-state index in [1.165, 1.54) is 0 Å². The molecule has 1 aromatic heterocycles. The topological polar surface area (TPSA) is 68.7 Å². The van der Waals surface area contributed by atoms with Crippen molar-refractivity contribution in [1.82, 2.24) is 10.3 Å². The van der Waals surface area contributed by atoms with Gasteiger partial charge in [-0.2, -0.15) is 5.26 Å². The molecule has 1 heterocycles. The molecule has 4 heteroatoms. The lowest BCUT2D eigenvalue weighted by molar-refractivity contribution is -0.120. The Kier molecular flexibility index (Phi) is 4.19. The molecule has 0 fully saturated rings. The summed E-state index contributed by atoms with van der Waals surface area (Å²) in [4.78, 5) is 15.1. The Labute approximate surface area is 112 Å². The van der Waals surface area contributed by atoms with Gasteiger partial charge in [0, 0.05) is 17.1 Å². The molecular weight excluding hydrogens is 238 g/mol. The first-order chi connectivity index (χ1) is 9.24. The van der Waals surface area contributed by atoms with E-state index < -0.39 is 0 Å². The van der Waals surface area contributed by atoms with Gasteiger partial charge in [0.2, 0.25) is 5.91 Å². The molecule has 98 valence electrons. The quantitative estimate of drug-likeness (QED) is 0.862. The van der Waals surface area contributed by atoms with Crippen molar-refractivity contribution < 1.29 is 4.79 Å². The van der Waals surface area contributed by atoms with Crippen LogP contribution in [-0.4, -0.2) is 16.9 Å². The Balaban J connectivity index is 2.05. The second kappa shape index (κ2) is 6.05. The number of nitrogens with zero attached hydrogens (tertiary/aromatic N) is 1. The fourth-order valence-electron chi connectivity index (χ4n) is 2.15. The molecule has 19 heavy (non-hydrogen) atoms. The van der Waals surface area contributed by atoms with E-state index in [-0.39, 0.29) is 11.9 Å². The van der Waals surface area contributed by atoms with Crippen LogP contribution in [0.2, 0.25) is 0 Å². The number of nitrogens with one attached hydrogen (secondary N) is 2. The van der Waals surface area contributed by atoms with Crippen LogP contribution in [0.4, 0.5) is 0 Å². The summed E-state index contributed by atoms with van der Waals surface area (Å²) in [6.07, 6.45) is 3.72. The molecule has 0 spiro atoms. The van der Waals surface area contributed by atoms with E-state index in [1.807, 2.05) is 37.4 Å². The second-order valence-electron chi connectivity index (χ2n) is 4.57. The van der Waals surface area contributed by atoms with Crippen molar-refractivity contribution in [3.05, 3.63) is 36.0 Å². The number of para-hydroxylation sites is 1. The molecule has 2 rings (SSSR count). The average Bonchev–Trinajstić information content (AvgIpc) is 2.82. The summed E-state index contributed by atoms with van der Waals surface area (Å²) in [5.74, 6) is -0.107. The summed E-state index contributed by atoms with van der Waals surface area (Å²) >= 11 is 0. The van der Waals surface area contributed by atoms with Crippen LogP contribution in [-0.2, 0) is 11.2 Å². The summed E-state index contributed by atoms with van der Waals surface area (Å²) in [6.45, 7) is 2.00. The van der Waals surface area contributed by atoms with Gasteiger partial charge in [-0.25, -0.2) is 0 Å². The Bertz CT molecular complexity index is 609. The van der Waals surface area contributed by atoms with E-state index in [0.29, 0.717) is 12.8 Å². The van der Waals surface area contributed by atoms with Gasteiger partial charge in [-0.05, 0) is 18.1 Å². The molecule has 0 aliphatic rings. The lowest BCUT2D eigenvalue weighted by Crippen LogP contribution is -2.34. The number of rotatable bonds is 5. The first-order valence-corrected chi connectivity index (χ1v) is 6.48. The molecule has 0 radical (unpaired) electrons. The molecule has 0 bridgehead atoms. The van der Waals surface area contributed by atoms with Crippen LogP contribution in [0.25, 0.3) is 10.9 Å². The maximum atomic E-state index is 11.9. The lowest BCUT2D eigenvalue weighted by atomic mass is 10.1. The Morgan fingerprint density at radius 1 is 1.47 bits per heavy atom. The zero-order valence-electron chi connectivity index (χ0n) is 10.9. The summed E-state index contributed by atoms with van der Waals surface area (Å²) in [6, 6.07) is 9.60. The highest BCUT2D eigenvalue weighted by atomic mass is 16.1. The number of carbonyl (C=O) groups excluding carboxylic acids is 1. The molecular formula is C15H17N3O. The largest absolute Gasteiger partial charge is 0.361 e. The average molecular weight is 255 g/mol. The Hall–Kier alpha value is -2.28. The number of benzene rings is 1. The molecule has 4 nitrogen and oxygen atoms in total. The number of hydrogen-bond donors (Lipinski definition) is 2. The van der Waals surface area contributed by atoms with Crippen molar-refractivity contribution in [2.24, 2.45) is 0 Å². The summed E-state index contributed by atoms with van der Waals surface area (Å²) in [7, 11) is 0. The number of carbonyl (C=O) groups is 1. The van der Waals surface area contributed by atoms with Gasteiger partial charge in [0.25, 0.3) is 0 Å². The third-order valence-electron chi connectivity index (χ3n) is 3.09. The van der Waals surface area contributed by atoms with Gasteiger partial charge in [-0.1, -0.05) is 31.5 Å². The maximum Gasteiger partial charge on any atom is 0.225 e. The van der Waals surface area contributed by atoms with Crippen LogP contribution in [0.3, 0.4) is 0 Å². The monoisotopic (exact) mass is 255 g/mol. The first kappa shape index (κ1) is 13.2. The normalized spacial score (nSPS) is 12.0. The first-order valence-electron chi connectivity index (χ1n) is 6.48. The molecule has 2 aromatic rings. The number of hydrogen-bond acceptors (Lipinski definition) is 2. The Morgan fingerprint density at radius 3 is 3.00 bits per heavy atom. The highest BCUT2D eigenvalue weighted by Gasteiger charge is 2.12. The third kappa shape index (κ3) is 3.14. The second-order valence-corrected chi connectivity index (χ2v) is 4.57. The van der Waals surface area contributed by atoms with Crippen molar-refractivity contribution >= 4 is 16.8 Å². The van der Waals surface area contributed by atoms with E-state index in [2.05, 4.69) is 16.4 Å². The molecule has 2 N–H and O–H groups in total. The minimum atomic E-state index is -0.386. The summed E-state index contributed by atoms with van der Waals surface area (Å²) in [5.41, 5.74) is 1.98. The third-order valence-corrected chi connectivity index (χ3v) is 3.09. The lowest BCUT2D eigenvalue weighted by Gasteiger charge is -2.09. The fraction of sp³-hybridized carbons (Fsp3) is 0.333. The molecule has 1 amide bonds. The van der Waals surface area contributed by atoms with Gasteiger partial charge >= 0.3 is 0 Å². The number of fused-ring (bicyclic) bond motifs is 1. The van der Waals surface area contributed by atoms with Crippen LogP contribution < -0.4 is 5.32 Å². The van der Waals surface area contributed by atoms with E-state index in [0.717, 1.165) is 22.9 Å². The van der Waals surface area contributed by atoms with Gasteiger partial charge in [-0.15, -0.1) is 0 Å². The van der Waals surface area contributed by atoms with E-state index >= 15 is 0 Å². The minimum Gasteiger partial charge on any atom is -0.361 e. The molecule has 1 aromatic carbocycles. The zero-order chi connectivity index (χ0) is 13.7. The van der Waals surface area contributed by atoms with E-state index in [1.54, 1.807) is 0 Å². The molecule has 0 saturated heterocycles. The van der Waals surface area contributed by atoms with Gasteiger partial charge in [0.05, 0.1) is 12.5 Å². The predicted molar refractivity (Wildman–Crippen MR) is 74.5 cm³/mol. The van der Waals surface area contributed by atoms with Gasteiger partial charge in [0.15, 0.2) is 0 Å². The van der Waals surface area contributed by atoms with Crippen LogP contribution in [0.5, 0.6) is 0 Å². The van der Waals surface area contributed by atoms with Crippen LogP contribution >= 0.6 is 0 Å². The molecule has 0 saturated carbocycles. The predicted octanol–water partition coefficient (Wildman–Crippen LogP) is 2.52. The van der Waals surface area contributed by atoms with Crippen molar-refractivity contribution in [1.29, 1.82) is 5.26 Å². The Morgan fingerprint density at radius 2 is 2.26 bits per heavy atom. The van der Waals surface area contributed by atoms with Crippen LogP contribution in [0.15, 0.2) is 30.5 Å². The van der Waals surface area contributed by atoms with Crippen molar-refractivity contribution in [2.45, 2.75) is 32.2 Å². The smallest absolute Gasteiger partial charge is 0.225 e. The highest BCUT2D eigenvalue weighted by molar-refractivity contribution is 5.89. The maximum absolute atomic E-state index is 11.9. The highest BCUT2D eigenvalue weighted by Crippen LogP contribution is 2.18. The van der Waals surface area contributed by atoms with Crippen molar-refractivity contribution in [3.8, 4) is 6.07 Å². The molecule has 0 aliphatic heterocycles. The standard InChI is InChI=1S/C15H17N3O/c1-2-5-12(9-16)18-15(19)8-11-10-17-14-7-4-3-6-13(11)14/h3-4,6-7,10,12,17H,2,5,8H2,1H3,(H,18,19)/t12-/m1/s1. The van der Waals surface area contributed by atoms with E-state index in [9.17, 15) is 4.79 Å². The summed E-state index contributed by atoms with van der Waals surface area (Å²) in [5, 5.41) is 12.7. The molecule has 1 atom stereocenters. The zero-order valence-corrected chi connectivity index (χ0v) is 10.9. The van der Waals surface area contributed by atoms with Crippen LogP contribution in [0, 0.1) is 11.3 Å². The number of aromatic amines is 1. The van der Waals surface area contributed by atoms with Crippen LogP contribution in [0.1, 0.15) is 25.3 Å². The molecule has 0 unspecified atom stereocenters. The number of H-pyrrole nitrogens is 1. The number of nitriles is 1. The van der Waals surface area contributed by atoms with Gasteiger partial charge < -0.3 is 10.3 Å². The van der Waals surface area contributed by atoms with Crippen molar-refractivity contribution in [2.75, 3.05) is 0 Å². The minimum absolute atomic E-state index is 0.107. The fourth-order valence-corrected chi connectivity index (χ4v) is 2.15. The SMILES string of the molecule is CCC[C@H](C#N)NC(=O)Cc1c[nH]c2ccccc12. The number of amides is 1. The summed E-state index contributed by atoms with van der Waals surface area (Å²) < 4.78 is 0. The number of aromatic nitrogens is 1. The van der Waals surface area contributed by atoms with Gasteiger partial charge in [0.1, 0.15) is 6.04 Å². The van der Waals surface area contributed by atoms with Gasteiger partial charge in [-0.3, -0.25) is 4.79 Å². The van der Waals surface area contributed by atoms with E-state index in [4.69, 9.17) is 5.26 Å². The van der Waals surface area contributed by atoms with Crippen molar-refractivity contribution in [3.63, 3.8) is 0 Å². The molecule has 0 aliphatic carbocycles.